The van der Waals surface area contributed by atoms with E-state index in [2.05, 4.69) is 5.10 Å². The second kappa shape index (κ2) is 10.4. The summed E-state index contributed by atoms with van der Waals surface area (Å²) in [6.07, 6.45) is 1.65. The largest absolute Gasteiger partial charge is 0.490 e. The summed E-state index contributed by atoms with van der Waals surface area (Å²) in [5, 5.41) is 16.7. The van der Waals surface area contributed by atoms with E-state index in [-0.39, 0.29) is 27.9 Å². The Labute approximate surface area is 211 Å². The van der Waals surface area contributed by atoms with Crippen molar-refractivity contribution < 1.29 is 24.0 Å². The number of benzene rings is 3. The summed E-state index contributed by atoms with van der Waals surface area (Å²) in [6, 6.07) is 17.0. The molecule has 0 saturated carbocycles. The molecular formula is C26H20ClN3O6. The highest BCUT2D eigenvalue weighted by atomic mass is 35.5. The molecule has 3 aromatic carbocycles. The number of rotatable bonds is 7. The van der Waals surface area contributed by atoms with E-state index in [9.17, 15) is 19.7 Å². The zero-order valence-electron chi connectivity index (χ0n) is 19.3. The first-order valence-corrected chi connectivity index (χ1v) is 11.3. The average molecular weight is 506 g/mol. The van der Waals surface area contributed by atoms with Crippen LogP contribution in [0.25, 0.3) is 6.08 Å². The van der Waals surface area contributed by atoms with Crippen molar-refractivity contribution in [2.75, 3.05) is 11.6 Å². The van der Waals surface area contributed by atoms with Gasteiger partial charge in [0.1, 0.15) is 0 Å². The quantitative estimate of drug-likeness (QED) is 0.134. The van der Waals surface area contributed by atoms with Crippen LogP contribution in [0.3, 0.4) is 0 Å². The minimum absolute atomic E-state index is 0.0827. The van der Waals surface area contributed by atoms with Crippen LogP contribution in [-0.4, -0.2) is 29.1 Å². The highest BCUT2D eigenvalue weighted by Gasteiger charge is 2.29. The Hall–Kier alpha value is -4.50. The van der Waals surface area contributed by atoms with Gasteiger partial charge in [-0.25, -0.2) is 4.79 Å². The molecule has 4 rings (SSSR count). The number of carbonyl (C=O) groups is 2. The molecule has 0 aromatic heterocycles. The van der Waals surface area contributed by atoms with Gasteiger partial charge in [-0.3, -0.25) is 14.9 Å². The molecule has 0 atom stereocenters. The summed E-state index contributed by atoms with van der Waals surface area (Å²) in [5.74, 6) is -0.479. The number of nitrogens with zero attached hydrogens (tertiary/aromatic N) is 3. The molecule has 1 aliphatic heterocycles. The molecule has 1 heterocycles. The number of nitro groups is 1. The van der Waals surface area contributed by atoms with Crippen LogP contribution in [0, 0.1) is 10.1 Å². The molecule has 0 aliphatic carbocycles. The van der Waals surface area contributed by atoms with Crippen molar-refractivity contribution in [3.63, 3.8) is 0 Å². The Morgan fingerprint density at radius 2 is 1.83 bits per heavy atom. The van der Waals surface area contributed by atoms with Gasteiger partial charge in [-0.15, -0.1) is 0 Å². The predicted molar refractivity (Wildman–Crippen MR) is 136 cm³/mol. The number of hydrazone groups is 1. The molecule has 0 unspecified atom stereocenters. The number of hydrogen-bond acceptors (Lipinski definition) is 7. The Balaban J connectivity index is 1.59. The number of nitro benzene ring substituents is 1. The van der Waals surface area contributed by atoms with Crippen LogP contribution in [0.5, 0.6) is 11.5 Å². The Bertz CT molecular complexity index is 1420. The molecule has 10 heteroatoms. The maximum Gasteiger partial charge on any atom is 0.345 e. The van der Waals surface area contributed by atoms with E-state index in [0.29, 0.717) is 34.9 Å². The molecule has 182 valence electrons. The lowest BCUT2D eigenvalue weighted by Crippen LogP contribution is -2.21. The van der Waals surface area contributed by atoms with Gasteiger partial charge in [0.15, 0.2) is 11.5 Å². The maximum absolute atomic E-state index is 13.0. The average Bonchev–Trinajstić information content (AvgIpc) is 3.14. The number of esters is 1. The van der Waals surface area contributed by atoms with Gasteiger partial charge in [0.05, 0.1) is 39.1 Å². The van der Waals surface area contributed by atoms with Gasteiger partial charge in [0, 0.05) is 12.1 Å². The van der Waals surface area contributed by atoms with Crippen molar-refractivity contribution in [2.45, 2.75) is 13.8 Å². The minimum atomic E-state index is -0.625. The lowest BCUT2D eigenvalue weighted by molar-refractivity contribution is -0.384. The maximum atomic E-state index is 13.0. The first-order chi connectivity index (χ1) is 17.3. The number of halogens is 1. The lowest BCUT2D eigenvalue weighted by atomic mass is 10.1. The highest BCUT2D eigenvalue weighted by molar-refractivity contribution is 6.33. The molecule has 0 N–H and O–H groups in total. The third-order valence-corrected chi connectivity index (χ3v) is 5.57. The number of non-ortho nitro benzene ring substituents is 1. The summed E-state index contributed by atoms with van der Waals surface area (Å²) in [4.78, 5) is 36.0. The van der Waals surface area contributed by atoms with Crippen LogP contribution in [-0.2, 0) is 4.79 Å². The van der Waals surface area contributed by atoms with Gasteiger partial charge in [-0.1, -0.05) is 29.8 Å². The predicted octanol–water partition coefficient (Wildman–Crippen LogP) is 5.67. The molecule has 9 nitrogen and oxygen atoms in total. The van der Waals surface area contributed by atoms with E-state index >= 15 is 0 Å². The van der Waals surface area contributed by atoms with Gasteiger partial charge >= 0.3 is 5.97 Å². The number of hydrogen-bond donors (Lipinski definition) is 0. The topological polar surface area (TPSA) is 111 Å². The zero-order valence-corrected chi connectivity index (χ0v) is 20.1. The van der Waals surface area contributed by atoms with Gasteiger partial charge < -0.3 is 9.47 Å². The minimum Gasteiger partial charge on any atom is -0.490 e. The molecule has 3 aromatic rings. The molecule has 36 heavy (non-hydrogen) atoms. The number of carbonyl (C=O) groups excluding carboxylic acids is 2. The summed E-state index contributed by atoms with van der Waals surface area (Å²) in [6.45, 7) is 3.81. The molecular weight excluding hydrogens is 486 g/mol. The standard InChI is InChI=1S/C26H20ClN3O6/c1-3-35-24-15-17(8-13-23(24)36-26(32)20-6-4-5-7-22(20)27)14-21-16(2)28-29(25(21)31)18-9-11-19(12-10-18)30(33)34/h4-15H,3H2,1-2H3. The van der Waals surface area contributed by atoms with Gasteiger partial charge in [0.2, 0.25) is 0 Å². The van der Waals surface area contributed by atoms with E-state index in [1.807, 2.05) is 0 Å². The highest BCUT2D eigenvalue weighted by Crippen LogP contribution is 2.32. The van der Waals surface area contributed by atoms with E-state index in [1.54, 1.807) is 62.4 Å². The van der Waals surface area contributed by atoms with Crippen LogP contribution in [0.4, 0.5) is 11.4 Å². The van der Waals surface area contributed by atoms with Gasteiger partial charge in [-0.05, 0) is 61.9 Å². The second-order valence-corrected chi connectivity index (χ2v) is 8.05. The first kappa shape index (κ1) is 24.6. The van der Waals surface area contributed by atoms with Gasteiger partial charge in [-0.2, -0.15) is 10.1 Å². The monoisotopic (exact) mass is 505 g/mol. The van der Waals surface area contributed by atoms with Crippen molar-refractivity contribution in [3.8, 4) is 11.5 Å². The Kier molecular flexibility index (Phi) is 7.12. The molecule has 1 amide bonds. The Morgan fingerprint density at radius 1 is 1.11 bits per heavy atom. The summed E-state index contributed by atoms with van der Waals surface area (Å²) in [7, 11) is 0. The molecule has 0 saturated heterocycles. The number of anilines is 1. The molecule has 0 bridgehead atoms. The first-order valence-electron chi connectivity index (χ1n) is 10.9. The molecule has 0 fully saturated rings. The smallest absolute Gasteiger partial charge is 0.345 e. The number of ether oxygens (including phenoxy) is 2. The summed E-state index contributed by atoms with van der Waals surface area (Å²) >= 11 is 6.09. The molecule has 0 spiro atoms. The fraction of sp³-hybridized carbons (Fsp3) is 0.115. The summed E-state index contributed by atoms with van der Waals surface area (Å²) < 4.78 is 11.2. The molecule has 0 radical (unpaired) electrons. The van der Waals surface area contributed by atoms with Crippen molar-refractivity contribution in [1.29, 1.82) is 0 Å². The van der Waals surface area contributed by atoms with E-state index < -0.39 is 10.9 Å². The van der Waals surface area contributed by atoms with Crippen LogP contribution >= 0.6 is 11.6 Å². The van der Waals surface area contributed by atoms with Gasteiger partial charge in [0.25, 0.3) is 11.6 Å². The van der Waals surface area contributed by atoms with Crippen LogP contribution in [0.1, 0.15) is 29.8 Å². The van der Waals surface area contributed by atoms with Crippen molar-refractivity contribution in [2.24, 2.45) is 5.10 Å². The fourth-order valence-corrected chi connectivity index (χ4v) is 3.70. The van der Waals surface area contributed by atoms with Crippen molar-refractivity contribution in [3.05, 3.63) is 98.6 Å². The van der Waals surface area contributed by atoms with E-state index in [4.69, 9.17) is 21.1 Å². The Morgan fingerprint density at radius 3 is 2.50 bits per heavy atom. The van der Waals surface area contributed by atoms with Crippen LogP contribution < -0.4 is 14.5 Å². The third-order valence-electron chi connectivity index (χ3n) is 5.24. The summed E-state index contributed by atoms with van der Waals surface area (Å²) in [5.41, 5.74) is 2.00. The second-order valence-electron chi connectivity index (χ2n) is 7.64. The third kappa shape index (κ3) is 5.11. The van der Waals surface area contributed by atoms with E-state index in [1.165, 1.54) is 29.3 Å². The normalized spacial score (nSPS) is 14.1. The van der Waals surface area contributed by atoms with Crippen LogP contribution in [0.15, 0.2) is 77.4 Å². The van der Waals surface area contributed by atoms with Crippen molar-refractivity contribution >= 4 is 46.6 Å². The number of amides is 1. The van der Waals surface area contributed by atoms with Crippen molar-refractivity contribution in [1.82, 2.24) is 0 Å². The van der Waals surface area contributed by atoms with Crippen LogP contribution in [0.2, 0.25) is 5.02 Å². The molecule has 1 aliphatic rings. The van der Waals surface area contributed by atoms with E-state index in [0.717, 1.165) is 0 Å². The fourth-order valence-electron chi connectivity index (χ4n) is 3.49. The zero-order chi connectivity index (χ0) is 25.8. The SMILES string of the molecule is CCOc1cc(C=C2C(=O)N(c3ccc([N+](=O)[O-])cc3)N=C2C)ccc1OC(=O)c1ccccc1Cl. The lowest BCUT2D eigenvalue weighted by Gasteiger charge is -2.13.